The lowest BCUT2D eigenvalue weighted by atomic mass is 10.1. The van der Waals surface area contributed by atoms with Gasteiger partial charge >= 0.3 is 0 Å². The van der Waals surface area contributed by atoms with E-state index in [0.29, 0.717) is 35.0 Å². The number of hydrogen-bond acceptors (Lipinski definition) is 4. The van der Waals surface area contributed by atoms with Crippen molar-refractivity contribution in [3.05, 3.63) is 60.7 Å². The Morgan fingerprint density at radius 1 is 1.36 bits per heavy atom. The summed E-state index contributed by atoms with van der Waals surface area (Å²) < 4.78 is 10.6. The first-order valence-electron chi connectivity index (χ1n) is 7.76. The molecule has 0 fully saturated rings. The summed E-state index contributed by atoms with van der Waals surface area (Å²) >= 11 is 0. The zero-order chi connectivity index (χ0) is 17.8. The molecular weight excluding hydrogens is 320 g/mol. The van der Waals surface area contributed by atoms with E-state index in [1.165, 1.54) is 0 Å². The predicted molar refractivity (Wildman–Crippen MR) is 95.4 cm³/mol. The van der Waals surface area contributed by atoms with Gasteiger partial charge in [0.05, 0.1) is 12.8 Å². The maximum atomic E-state index is 12.4. The molecule has 0 atom stereocenters. The van der Waals surface area contributed by atoms with E-state index in [0.717, 1.165) is 0 Å². The van der Waals surface area contributed by atoms with Crippen molar-refractivity contribution in [1.82, 2.24) is 0 Å². The van der Waals surface area contributed by atoms with Crippen molar-refractivity contribution in [2.75, 3.05) is 30.5 Å². The third-order valence-electron chi connectivity index (χ3n) is 3.80. The molecule has 2 aromatic rings. The molecule has 0 aromatic heterocycles. The monoisotopic (exact) mass is 338 g/mol. The van der Waals surface area contributed by atoms with Crippen LogP contribution in [0.1, 0.15) is 10.4 Å². The second-order valence-corrected chi connectivity index (χ2v) is 5.45. The van der Waals surface area contributed by atoms with Gasteiger partial charge in [-0.3, -0.25) is 9.59 Å². The molecule has 1 aliphatic rings. The third kappa shape index (κ3) is 3.47. The molecule has 0 saturated carbocycles. The zero-order valence-corrected chi connectivity index (χ0v) is 13.8. The third-order valence-corrected chi connectivity index (χ3v) is 3.80. The van der Waals surface area contributed by atoms with Crippen molar-refractivity contribution >= 4 is 23.2 Å². The summed E-state index contributed by atoms with van der Waals surface area (Å²) in [6, 6.07) is 12.1. The van der Waals surface area contributed by atoms with Crippen LogP contribution in [0.15, 0.2) is 55.1 Å². The average molecular weight is 338 g/mol. The minimum Gasteiger partial charge on any atom is -0.497 e. The quantitative estimate of drug-likeness (QED) is 0.851. The Kier molecular flexibility index (Phi) is 4.70. The highest BCUT2D eigenvalue weighted by Crippen LogP contribution is 2.34. The van der Waals surface area contributed by atoms with E-state index in [-0.39, 0.29) is 18.4 Å². The Labute approximate surface area is 145 Å². The molecule has 2 aromatic carbocycles. The number of rotatable bonds is 5. The number of nitrogens with one attached hydrogen (secondary N) is 1. The lowest BCUT2D eigenvalue weighted by Crippen LogP contribution is -2.38. The Morgan fingerprint density at radius 2 is 2.20 bits per heavy atom. The average Bonchev–Trinajstić information content (AvgIpc) is 2.64. The predicted octanol–water partition coefficient (Wildman–Crippen LogP) is 2.86. The maximum Gasteiger partial charge on any atom is 0.265 e. The molecule has 0 saturated heterocycles. The van der Waals surface area contributed by atoms with Crippen molar-refractivity contribution < 1.29 is 19.1 Å². The first-order valence-corrected chi connectivity index (χ1v) is 7.76. The summed E-state index contributed by atoms with van der Waals surface area (Å²) in [5.41, 5.74) is 1.66. The molecule has 6 heteroatoms. The normalized spacial score (nSPS) is 12.8. The van der Waals surface area contributed by atoms with Crippen molar-refractivity contribution in [2.24, 2.45) is 0 Å². The molecule has 0 aliphatic carbocycles. The minimum atomic E-state index is -0.267. The number of benzene rings is 2. The number of anilines is 2. The van der Waals surface area contributed by atoms with Gasteiger partial charge in [0.2, 0.25) is 0 Å². The van der Waals surface area contributed by atoms with Crippen molar-refractivity contribution in [3.8, 4) is 11.5 Å². The Balaban J connectivity index is 1.85. The summed E-state index contributed by atoms with van der Waals surface area (Å²) in [4.78, 5) is 26.0. The Morgan fingerprint density at radius 3 is 2.96 bits per heavy atom. The van der Waals surface area contributed by atoms with E-state index >= 15 is 0 Å². The van der Waals surface area contributed by atoms with Crippen molar-refractivity contribution in [2.45, 2.75) is 0 Å². The summed E-state index contributed by atoms with van der Waals surface area (Å²) in [5.74, 6) is 0.788. The van der Waals surface area contributed by atoms with E-state index in [4.69, 9.17) is 9.47 Å². The highest BCUT2D eigenvalue weighted by atomic mass is 16.5. The number of methoxy groups -OCH3 is 1. The van der Waals surface area contributed by atoms with Gasteiger partial charge in [-0.2, -0.15) is 0 Å². The standard InChI is InChI=1S/C19H18N2O4/c1-3-9-21-16-11-14(7-8-17(16)25-12-18(21)22)20-19(23)13-5-4-6-15(10-13)24-2/h3-8,10-11H,1,9,12H2,2H3,(H,20,23). The van der Waals surface area contributed by atoms with Gasteiger partial charge in [-0.25, -0.2) is 0 Å². The Hall–Kier alpha value is -3.28. The van der Waals surface area contributed by atoms with E-state index in [9.17, 15) is 9.59 Å². The van der Waals surface area contributed by atoms with Crippen LogP contribution in [0.4, 0.5) is 11.4 Å². The topological polar surface area (TPSA) is 67.9 Å². The van der Waals surface area contributed by atoms with Crippen LogP contribution >= 0.6 is 0 Å². The number of carbonyl (C=O) groups is 2. The van der Waals surface area contributed by atoms with Crippen molar-refractivity contribution in [1.29, 1.82) is 0 Å². The number of amides is 2. The number of carbonyl (C=O) groups excluding carboxylic acids is 2. The number of fused-ring (bicyclic) bond motifs is 1. The molecule has 0 unspecified atom stereocenters. The van der Waals surface area contributed by atoms with Crippen LogP contribution in [0.2, 0.25) is 0 Å². The van der Waals surface area contributed by atoms with E-state index in [1.54, 1.807) is 60.6 Å². The zero-order valence-electron chi connectivity index (χ0n) is 13.8. The number of nitrogens with zero attached hydrogens (tertiary/aromatic N) is 1. The molecule has 6 nitrogen and oxygen atoms in total. The molecule has 2 amide bonds. The van der Waals surface area contributed by atoms with Gasteiger partial charge in [0, 0.05) is 17.8 Å². The second-order valence-electron chi connectivity index (χ2n) is 5.45. The molecule has 0 spiro atoms. The van der Waals surface area contributed by atoms with Crippen LogP contribution in [0.5, 0.6) is 11.5 Å². The van der Waals surface area contributed by atoms with Crippen LogP contribution in [0.25, 0.3) is 0 Å². The molecule has 25 heavy (non-hydrogen) atoms. The van der Waals surface area contributed by atoms with Gasteiger partial charge in [-0.05, 0) is 36.4 Å². The van der Waals surface area contributed by atoms with E-state index < -0.39 is 0 Å². The van der Waals surface area contributed by atoms with E-state index in [2.05, 4.69) is 11.9 Å². The maximum absolute atomic E-state index is 12.4. The SMILES string of the molecule is C=CCN1C(=O)COc2ccc(NC(=O)c3cccc(OC)c3)cc21. The number of ether oxygens (including phenoxy) is 2. The lowest BCUT2D eigenvalue weighted by molar-refractivity contribution is -0.121. The first-order chi connectivity index (χ1) is 12.1. The highest BCUT2D eigenvalue weighted by Gasteiger charge is 2.25. The van der Waals surface area contributed by atoms with Crippen LogP contribution in [-0.2, 0) is 4.79 Å². The van der Waals surface area contributed by atoms with Gasteiger partial charge in [-0.1, -0.05) is 12.1 Å². The molecular formula is C19H18N2O4. The molecule has 1 heterocycles. The van der Waals surface area contributed by atoms with Gasteiger partial charge in [0.25, 0.3) is 11.8 Å². The lowest BCUT2D eigenvalue weighted by Gasteiger charge is -2.28. The highest BCUT2D eigenvalue weighted by molar-refractivity contribution is 6.05. The van der Waals surface area contributed by atoms with Gasteiger partial charge in [0.1, 0.15) is 11.5 Å². The first kappa shape index (κ1) is 16.6. The van der Waals surface area contributed by atoms with Gasteiger partial charge < -0.3 is 19.7 Å². The molecule has 0 bridgehead atoms. The van der Waals surface area contributed by atoms with Crippen LogP contribution in [0, 0.1) is 0 Å². The van der Waals surface area contributed by atoms with Gasteiger partial charge in [0.15, 0.2) is 6.61 Å². The summed E-state index contributed by atoms with van der Waals surface area (Å²) in [6.07, 6.45) is 1.65. The molecule has 1 N–H and O–H groups in total. The molecule has 1 aliphatic heterocycles. The van der Waals surface area contributed by atoms with Crippen LogP contribution in [0.3, 0.4) is 0 Å². The number of hydrogen-bond donors (Lipinski definition) is 1. The summed E-state index contributed by atoms with van der Waals surface area (Å²) in [6.45, 7) is 4.05. The second kappa shape index (κ2) is 7.09. The minimum absolute atomic E-state index is 0.00362. The largest absolute Gasteiger partial charge is 0.497 e. The molecule has 128 valence electrons. The fourth-order valence-corrected chi connectivity index (χ4v) is 2.58. The van der Waals surface area contributed by atoms with Crippen LogP contribution < -0.4 is 19.7 Å². The smallest absolute Gasteiger partial charge is 0.265 e. The van der Waals surface area contributed by atoms with Crippen LogP contribution in [-0.4, -0.2) is 32.1 Å². The Bertz CT molecular complexity index is 832. The summed E-state index contributed by atoms with van der Waals surface area (Å²) in [7, 11) is 1.55. The van der Waals surface area contributed by atoms with E-state index in [1.807, 2.05) is 0 Å². The fraction of sp³-hybridized carbons (Fsp3) is 0.158. The fourth-order valence-electron chi connectivity index (χ4n) is 2.58. The molecule has 0 radical (unpaired) electrons. The molecule has 3 rings (SSSR count). The van der Waals surface area contributed by atoms with Crippen molar-refractivity contribution in [3.63, 3.8) is 0 Å². The van der Waals surface area contributed by atoms with Gasteiger partial charge in [-0.15, -0.1) is 6.58 Å². The summed E-state index contributed by atoms with van der Waals surface area (Å²) in [5, 5.41) is 2.82.